The van der Waals surface area contributed by atoms with Crippen LogP contribution in [0.2, 0.25) is 0 Å². The lowest BCUT2D eigenvalue weighted by molar-refractivity contribution is -0.0498. The number of benzene rings is 2. The van der Waals surface area contributed by atoms with Crippen molar-refractivity contribution in [2.45, 2.75) is 13.2 Å². The van der Waals surface area contributed by atoms with Gasteiger partial charge in [0.15, 0.2) is 0 Å². The highest BCUT2D eigenvalue weighted by Gasteiger charge is 2.08. The summed E-state index contributed by atoms with van der Waals surface area (Å²) in [5.74, 6) is -0.346. The highest BCUT2D eigenvalue weighted by atomic mass is 19.3. The molecule has 0 heterocycles. The lowest BCUT2D eigenvalue weighted by Crippen LogP contribution is -2.28. The number of nitrogens with two attached hydrogens (primary N) is 1. The quantitative estimate of drug-likeness (QED) is 0.758. The van der Waals surface area contributed by atoms with Crippen molar-refractivity contribution in [3.05, 3.63) is 59.7 Å². The highest BCUT2D eigenvalue weighted by Crippen LogP contribution is 2.18. The maximum atomic E-state index is 12.1. The summed E-state index contributed by atoms with van der Waals surface area (Å²) in [6, 6.07) is 11.5. The van der Waals surface area contributed by atoms with Gasteiger partial charge in [0.1, 0.15) is 5.75 Å². The second-order valence-electron chi connectivity index (χ2n) is 4.77. The van der Waals surface area contributed by atoms with E-state index in [-0.39, 0.29) is 18.2 Å². The predicted octanol–water partition coefficient (Wildman–Crippen LogP) is 2.71. The highest BCUT2D eigenvalue weighted by molar-refractivity contribution is 6.04. The van der Waals surface area contributed by atoms with Crippen LogP contribution >= 0.6 is 0 Å². The summed E-state index contributed by atoms with van der Waals surface area (Å²) < 4.78 is 28.4. The van der Waals surface area contributed by atoms with Crippen molar-refractivity contribution in [3.8, 4) is 5.75 Å². The predicted molar refractivity (Wildman–Crippen MR) is 83.9 cm³/mol. The van der Waals surface area contributed by atoms with Gasteiger partial charge in [0.2, 0.25) is 0 Å². The van der Waals surface area contributed by atoms with Crippen LogP contribution in [-0.4, -0.2) is 18.5 Å². The monoisotopic (exact) mass is 335 g/mol. The number of amides is 3. The van der Waals surface area contributed by atoms with Gasteiger partial charge in [0.25, 0.3) is 5.91 Å². The molecule has 0 spiro atoms. The Kier molecular flexibility index (Phi) is 5.67. The van der Waals surface area contributed by atoms with Crippen LogP contribution in [-0.2, 0) is 6.54 Å². The fourth-order valence-corrected chi connectivity index (χ4v) is 1.89. The molecule has 0 saturated heterocycles. The summed E-state index contributed by atoms with van der Waals surface area (Å²) in [5.41, 5.74) is 6.62. The molecule has 0 saturated carbocycles. The van der Waals surface area contributed by atoms with Gasteiger partial charge in [-0.1, -0.05) is 12.1 Å². The lowest BCUT2D eigenvalue weighted by Gasteiger charge is -2.08. The molecule has 4 N–H and O–H groups in total. The molecule has 6 nitrogen and oxygen atoms in total. The molecule has 0 radical (unpaired) electrons. The van der Waals surface area contributed by atoms with Crippen molar-refractivity contribution >= 4 is 17.6 Å². The molecular formula is C16H15F2N3O3. The number of anilines is 1. The number of nitrogens with one attached hydrogen (secondary N) is 2. The summed E-state index contributed by atoms with van der Waals surface area (Å²) in [4.78, 5) is 22.7. The van der Waals surface area contributed by atoms with Gasteiger partial charge in [0.05, 0.1) is 0 Å². The van der Waals surface area contributed by atoms with Crippen LogP contribution < -0.4 is 21.1 Å². The second-order valence-corrected chi connectivity index (χ2v) is 4.77. The van der Waals surface area contributed by atoms with Crippen LogP contribution in [0.1, 0.15) is 15.9 Å². The van der Waals surface area contributed by atoms with Crippen LogP contribution in [0.4, 0.5) is 19.3 Å². The molecule has 0 aliphatic rings. The first kappa shape index (κ1) is 17.2. The second kappa shape index (κ2) is 7.91. The van der Waals surface area contributed by atoms with Crippen molar-refractivity contribution in [3.63, 3.8) is 0 Å². The Hall–Kier alpha value is -3.16. The van der Waals surface area contributed by atoms with E-state index in [1.54, 1.807) is 24.3 Å². The first-order valence-corrected chi connectivity index (χ1v) is 6.92. The van der Waals surface area contributed by atoms with Gasteiger partial charge in [-0.05, 0) is 42.0 Å². The number of ether oxygens (including phenoxy) is 1. The average molecular weight is 335 g/mol. The SMILES string of the molecule is NC(=O)NCc1ccc(C(=O)Nc2ccc(OC(F)F)cc2)cc1. The number of primary amides is 1. The van der Waals surface area contributed by atoms with E-state index in [1.165, 1.54) is 24.3 Å². The fourth-order valence-electron chi connectivity index (χ4n) is 1.89. The molecule has 0 fully saturated rings. The molecule has 0 bridgehead atoms. The molecule has 0 atom stereocenters. The number of carbonyl (C=O) groups is 2. The third kappa shape index (κ3) is 5.24. The number of halogens is 2. The Balaban J connectivity index is 1.95. The van der Waals surface area contributed by atoms with E-state index in [1.807, 2.05) is 0 Å². The van der Waals surface area contributed by atoms with Gasteiger partial charge < -0.3 is 21.1 Å². The zero-order valence-corrected chi connectivity index (χ0v) is 12.5. The smallest absolute Gasteiger partial charge is 0.387 e. The van der Waals surface area contributed by atoms with Crippen molar-refractivity contribution < 1.29 is 23.1 Å². The maximum absolute atomic E-state index is 12.1. The minimum atomic E-state index is -2.90. The van der Waals surface area contributed by atoms with Crippen LogP contribution in [0.5, 0.6) is 5.75 Å². The van der Waals surface area contributed by atoms with E-state index >= 15 is 0 Å². The minimum absolute atomic E-state index is 0.00861. The third-order valence-electron chi connectivity index (χ3n) is 3.02. The van der Waals surface area contributed by atoms with Gasteiger partial charge in [0, 0.05) is 17.8 Å². The maximum Gasteiger partial charge on any atom is 0.387 e. The summed E-state index contributed by atoms with van der Waals surface area (Å²) in [6.45, 7) is -2.63. The molecule has 2 rings (SSSR count). The van der Waals surface area contributed by atoms with Gasteiger partial charge in [-0.25, -0.2) is 4.79 Å². The molecule has 2 aromatic carbocycles. The lowest BCUT2D eigenvalue weighted by atomic mass is 10.1. The molecule has 3 amide bonds. The van der Waals surface area contributed by atoms with Gasteiger partial charge >= 0.3 is 12.6 Å². The third-order valence-corrected chi connectivity index (χ3v) is 3.02. The first-order chi connectivity index (χ1) is 11.4. The van der Waals surface area contributed by atoms with Gasteiger partial charge in [-0.3, -0.25) is 4.79 Å². The summed E-state index contributed by atoms with van der Waals surface area (Å²) in [5, 5.41) is 5.08. The Bertz CT molecular complexity index is 704. The Morgan fingerprint density at radius 2 is 1.67 bits per heavy atom. The van der Waals surface area contributed by atoms with Crippen LogP contribution in [0.3, 0.4) is 0 Å². The molecule has 8 heteroatoms. The Morgan fingerprint density at radius 3 is 2.21 bits per heavy atom. The number of alkyl halides is 2. The van der Waals surface area contributed by atoms with E-state index in [0.717, 1.165) is 5.56 Å². The van der Waals surface area contributed by atoms with E-state index in [0.29, 0.717) is 11.3 Å². The number of urea groups is 1. The first-order valence-electron chi connectivity index (χ1n) is 6.92. The fraction of sp³-hybridized carbons (Fsp3) is 0.125. The van der Waals surface area contributed by atoms with Gasteiger partial charge in [-0.2, -0.15) is 8.78 Å². The molecule has 2 aromatic rings. The largest absolute Gasteiger partial charge is 0.435 e. The molecule has 0 aromatic heterocycles. The zero-order valence-electron chi connectivity index (χ0n) is 12.5. The van der Waals surface area contributed by atoms with E-state index < -0.39 is 12.6 Å². The molecule has 0 aliphatic heterocycles. The zero-order chi connectivity index (χ0) is 17.5. The molecule has 0 unspecified atom stereocenters. The van der Waals surface area contributed by atoms with Crippen LogP contribution in [0, 0.1) is 0 Å². The van der Waals surface area contributed by atoms with E-state index in [9.17, 15) is 18.4 Å². The summed E-state index contributed by atoms with van der Waals surface area (Å²) in [7, 11) is 0. The molecule has 24 heavy (non-hydrogen) atoms. The van der Waals surface area contributed by atoms with Crippen molar-refractivity contribution in [2.75, 3.05) is 5.32 Å². The number of hydrogen-bond acceptors (Lipinski definition) is 3. The van der Waals surface area contributed by atoms with E-state index in [4.69, 9.17) is 5.73 Å². The van der Waals surface area contributed by atoms with Crippen LogP contribution in [0.25, 0.3) is 0 Å². The normalized spacial score (nSPS) is 10.3. The van der Waals surface area contributed by atoms with Gasteiger partial charge in [-0.15, -0.1) is 0 Å². The molecular weight excluding hydrogens is 320 g/mol. The Morgan fingerprint density at radius 1 is 1.04 bits per heavy atom. The molecule has 126 valence electrons. The molecule has 0 aliphatic carbocycles. The topological polar surface area (TPSA) is 93.5 Å². The van der Waals surface area contributed by atoms with Crippen LogP contribution in [0.15, 0.2) is 48.5 Å². The number of carbonyl (C=O) groups excluding carboxylic acids is 2. The number of hydrogen-bond donors (Lipinski definition) is 3. The summed E-state index contributed by atoms with van der Waals surface area (Å²) in [6.07, 6.45) is 0. The minimum Gasteiger partial charge on any atom is -0.435 e. The van der Waals surface area contributed by atoms with E-state index in [2.05, 4.69) is 15.4 Å². The summed E-state index contributed by atoms with van der Waals surface area (Å²) >= 11 is 0. The Labute approximate surface area is 136 Å². The van der Waals surface area contributed by atoms with Crippen molar-refractivity contribution in [1.29, 1.82) is 0 Å². The van der Waals surface area contributed by atoms with Crippen molar-refractivity contribution in [1.82, 2.24) is 5.32 Å². The average Bonchev–Trinajstić information content (AvgIpc) is 2.54. The van der Waals surface area contributed by atoms with Crippen molar-refractivity contribution in [2.24, 2.45) is 5.73 Å². The standard InChI is InChI=1S/C16H15F2N3O3/c17-15(18)24-13-7-5-12(6-8-13)21-14(22)11-3-1-10(2-4-11)9-20-16(19)23/h1-8,15H,9H2,(H,21,22)(H3,19,20,23). The number of rotatable bonds is 6.